The van der Waals surface area contributed by atoms with Gasteiger partial charge in [-0.05, 0) is 6.07 Å². The number of aromatic nitrogens is 1. The Hall–Kier alpha value is -1.56. The van der Waals surface area contributed by atoms with Crippen LogP contribution in [0, 0.1) is 11.3 Å². The Bertz CT molecular complexity index is 372. The van der Waals surface area contributed by atoms with E-state index in [1.54, 1.807) is 19.4 Å². The SMILES string of the molecule is COc1ccnc(C(C)(C)C)c1C#N. The van der Waals surface area contributed by atoms with Gasteiger partial charge in [-0.1, -0.05) is 20.8 Å². The van der Waals surface area contributed by atoms with Gasteiger partial charge in [0.2, 0.25) is 0 Å². The summed E-state index contributed by atoms with van der Waals surface area (Å²) in [5, 5.41) is 9.02. The number of nitrogens with zero attached hydrogens (tertiary/aromatic N) is 2. The van der Waals surface area contributed by atoms with Crippen LogP contribution in [-0.4, -0.2) is 12.1 Å². The van der Waals surface area contributed by atoms with Crippen LogP contribution in [0.4, 0.5) is 0 Å². The van der Waals surface area contributed by atoms with Crippen LogP contribution in [0.15, 0.2) is 12.3 Å². The topological polar surface area (TPSA) is 45.9 Å². The number of pyridine rings is 1. The van der Waals surface area contributed by atoms with Crippen LogP contribution in [-0.2, 0) is 5.41 Å². The van der Waals surface area contributed by atoms with Crippen molar-refractivity contribution in [1.82, 2.24) is 4.98 Å². The van der Waals surface area contributed by atoms with E-state index in [-0.39, 0.29) is 5.41 Å². The quantitative estimate of drug-likeness (QED) is 0.682. The Kier molecular flexibility index (Phi) is 2.76. The number of hydrogen-bond acceptors (Lipinski definition) is 3. The Morgan fingerprint density at radius 2 is 2.07 bits per heavy atom. The van der Waals surface area contributed by atoms with Gasteiger partial charge in [-0.25, -0.2) is 0 Å². The van der Waals surface area contributed by atoms with Gasteiger partial charge in [0, 0.05) is 11.6 Å². The monoisotopic (exact) mass is 190 g/mol. The molecule has 0 bridgehead atoms. The third-order valence-electron chi connectivity index (χ3n) is 1.95. The van der Waals surface area contributed by atoms with Crippen molar-refractivity contribution in [2.45, 2.75) is 26.2 Å². The number of nitriles is 1. The molecule has 1 rings (SSSR count). The van der Waals surface area contributed by atoms with Gasteiger partial charge in [0.25, 0.3) is 0 Å². The van der Waals surface area contributed by atoms with Gasteiger partial charge in [-0.15, -0.1) is 0 Å². The first-order valence-electron chi connectivity index (χ1n) is 4.44. The number of rotatable bonds is 1. The van der Waals surface area contributed by atoms with Crippen molar-refractivity contribution in [2.75, 3.05) is 7.11 Å². The second kappa shape index (κ2) is 3.67. The standard InChI is InChI=1S/C11H14N2O/c1-11(2,3)10-8(7-12)9(14-4)5-6-13-10/h5-6H,1-4H3. The largest absolute Gasteiger partial charge is 0.495 e. The summed E-state index contributed by atoms with van der Waals surface area (Å²) in [6.45, 7) is 6.07. The predicted molar refractivity (Wildman–Crippen MR) is 54.2 cm³/mol. The van der Waals surface area contributed by atoms with Crippen molar-refractivity contribution < 1.29 is 4.74 Å². The molecule has 0 amide bonds. The fraction of sp³-hybridized carbons (Fsp3) is 0.455. The van der Waals surface area contributed by atoms with Crippen LogP contribution in [0.1, 0.15) is 32.0 Å². The second-order valence-corrected chi connectivity index (χ2v) is 4.10. The molecule has 0 saturated heterocycles. The van der Waals surface area contributed by atoms with Crippen LogP contribution < -0.4 is 4.74 Å². The maximum atomic E-state index is 9.02. The molecule has 0 aliphatic rings. The molecule has 0 spiro atoms. The van der Waals surface area contributed by atoms with Crippen LogP contribution in [0.5, 0.6) is 5.75 Å². The molecule has 1 aromatic rings. The highest BCUT2D eigenvalue weighted by Crippen LogP contribution is 2.28. The zero-order valence-corrected chi connectivity index (χ0v) is 8.96. The molecule has 0 N–H and O–H groups in total. The van der Waals surface area contributed by atoms with Gasteiger partial charge in [-0.3, -0.25) is 4.98 Å². The first-order chi connectivity index (χ1) is 6.50. The number of ether oxygens (including phenoxy) is 1. The fourth-order valence-electron chi connectivity index (χ4n) is 1.29. The van der Waals surface area contributed by atoms with E-state index in [2.05, 4.69) is 11.1 Å². The lowest BCUT2D eigenvalue weighted by Crippen LogP contribution is -2.16. The summed E-state index contributed by atoms with van der Waals surface area (Å²) < 4.78 is 5.11. The molecule has 14 heavy (non-hydrogen) atoms. The summed E-state index contributed by atoms with van der Waals surface area (Å²) in [4.78, 5) is 4.23. The molecule has 0 aromatic carbocycles. The summed E-state index contributed by atoms with van der Waals surface area (Å²) in [5.41, 5.74) is 1.17. The van der Waals surface area contributed by atoms with Crippen molar-refractivity contribution in [3.63, 3.8) is 0 Å². The van der Waals surface area contributed by atoms with Crippen LogP contribution in [0.3, 0.4) is 0 Å². The van der Waals surface area contributed by atoms with Crippen molar-refractivity contribution in [3.05, 3.63) is 23.5 Å². The Morgan fingerprint density at radius 3 is 2.50 bits per heavy atom. The Morgan fingerprint density at radius 1 is 1.43 bits per heavy atom. The van der Waals surface area contributed by atoms with E-state index < -0.39 is 0 Å². The highest BCUT2D eigenvalue weighted by atomic mass is 16.5. The average Bonchev–Trinajstić information content (AvgIpc) is 2.15. The van der Waals surface area contributed by atoms with E-state index in [4.69, 9.17) is 10.00 Å². The summed E-state index contributed by atoms with van der Waals surface area (Å²) in [5.74, 6) is 0.590. The maximum Gasteiger partial charge on any atom is 0.140 e. The zero-order chi connectivity index (χ0) is 10.8. The van der Waals surface area contributed by atoms with E-state index in [9.17, 15) is 0 Å². The molecule has 3 heteroatoms. The molecular formula is C11H14N2O. The smallest absolute Gasteiger partial charge is 0.140 e. The molecule has 1 aromatic heterocycles. The minimum atomic E-state index is -0.139. The van der Waals surface area contributed by atoms with Crippen molar-refractivity contribution >= 4 is 0 Å². The second-order valence-electron chi connectivity index (χ2n) is 4.10. The van der Waals surface area contributed by atoms with Crippen LogP contribution in [0.25, 0.3) is 0 Å². The van der Waals surface area contributed by atoms with Crippen molar-refractivity contribution in [1.29, 1.82) is 5.26 Å². The molecule has 0 unspecified atom stereocenters. The van der Waals surface area contributed by atoms with Gasteiger partial charge in [0.05, 0.1) is 12.8 Å². The molecule has 1 heterocycles. The third kappa shape index (κ3) is 1.85. The zero-order valence-electron chi connectivity index (χ0n) is 8.96. The first-order valence-corrected chi connectivity index (χ1v) is 4.44. The summed E-state index contributed by atoms with van der Waals surface area (Å²) >= 11 is 0. The fourth-order valence-corrected chi connectivity index (χ4v) is 1.29. The Labute approximate surface area is 84.3 Å². The normalized spacial score (nSPS) is 10.8. The predicted octanol–water partition coefficient (Wildman–Crippen LogP) is 2.26. The van der Waals surface area contributed by atoms with Gasteiger partial charge in [0.1, 0.15) is 17.4 Å². The minimum Gasteiger partial charge on any atom is -0.495 e. The number of hydrogen-bond donors (Lipinski definition) is 0. The van der Waals surface area contributed by atoms with E-state index in [0.29, 0.717) is 11.3 Å². The first kappa shape index (κ1) is 10.5. The highest BCUT2D eigenvalue weighted by Gasteiger charge is 2.22. The van der Waals surface area contributed by atoms with Crippen LogP contribution >= 0.6 is 0 Å². The molecule has 0 saturated carbocycles. The molecule has 0 radical (unpaired) electrons. The van der Waals surface area contributed by atoms with Gasteiger partial charge >= 0.3 is 0 Å². The molecule has 74 valence electrons. The molecule has 0 atom stereocenters. The molecular weight excluding hydrogens is 176 g/mol. The lowest BCUT2D eigenvalue weighted by molar-refractivity contribution is 0.409. The van der Waals surface area contributed by atoms with Crippen LogP contribution in [0.2, 0.25) is 0 Å². The Balaban J connectivity index is 3.39. The highest BCUT2D eigenvalue weighted by molar-refractivity contribution is 5.47. The van der Waals surface area contributed by atoms with E-state index in [0.717, 1.165) is 5.69 Å². The molecule has 0 aliphatic carbocycles. The summed E-state index contributed by atoms with van der Waals surface area (Å²) in [7, 11) is 1.56. The van der Waals surface area contributed by atoms with Crippen molar-refractivity contribution in [2.24, 2.45) is 0 Å². The van der Waals surface area contributed by atoms with Crippen molar-refractivity contribution in [3.8, 4) is 11.8 Å². The van der Waals surface area contributed by atoms with Gasteiger partial charge in [-0.2, -0.15) is 5.26 Å². The molecule has 0 aliphatic heterocycles. The molecule has 3 nitrogen and oxygen atoms in total. The van der Waals surface area contributed by atoms with Gasteiger partial charge in [0.15, 0.2) is 0 Å². The maximum absolute atomic E-state index is 9.02. The summed E-state index contributed by atoms with van der Waals surface area (Å²) in [6, 6.07) is 3.84. The van der Waals surface area contributed by atoms with Gasteiger partial charge < -0.3 is 4.74 Å². The lowest BCUT2D eigenvalue weighted by Gasteiger charge is -2.19. The lowest BCUT2D eigenvalue weighted by atomic mass is 9.88. The minimum absolute atomic E-state index is 0.139. The third-order valence-corrected chi connectivity index (χ3v) is 1.95. The van der Waals surface area contributed by atoms with E-state index in [1.807, 2.05) is 20.8 Å². The number of methoxy groups -OCH3 is 1. The average molecular weight is 190 g/mol. The molecule has 0 fully saturated rings. The summed E-state index contributed by atoms with van der Waals surface area (Å²) in [6.07, 6.45) is 1.67. The van der Waals surface area contributed by atoms with E-state index in [1.165, 1.54) is 0 Å². The van der Waals surface area contributed by atoms with E-state index >= 15 is 0 Å².